The lowest BCUT2D eigenvalue weighted by Crippen LogP contribution is -2.02. The van der Waals surface area contributed by atoms with Crippen molar-refractivity contribution in [3.05, 3.63) is 77.4 Å². The molecule has 0 atom stereocenters. The summed E-state index contributed by atoms with van der Waals surface area (Å²) >= 11 is 0. The number of anilines is 2. The normalized spacial score (nSPS) is 10.8. The van der Waals surface area contributed by atoms with Gasteiger partial charge in [0.25, 0.3) is 0 Å². The van der Waals surface area contributed by atoms with Gasteiger partial charge in [0.2, 0.25) is 0 Å². The van der Waals surface area contributed by atoms with E-state index in [1.165, 1.54) is 18.2 Å². The van der Waals surface area contributed by atoms with E-state index in [9.17, 15) is 13.2 Å². The highest BCUT2D eigenvalue weighted by atomic mass is 19.2. The van der Waals surface area contributed by atoms with Crippen LogP contribution in [0.2, 0.25) is 0 Å². The lowest BCUT2D eigenvalue weighted by molar-refractivity contribution is 0.512. The molecule has 2 nitrogen and oxygen atoms in total. The van der Waals surface area contributed by atoms with Crippen molar-refractivity contribution in [1.29, 1.82) is 0 Å². The molecule has 1 N–H and O–H groups in total. The topological polar surface area (TPSA) is 24.9 Å². The Bertz CT molecular complexity index is 923. The van der Waals surface area contributed by atoms with E-state index in [4.69, 9.17) is 0 Å². The fourth-order valence-corrected chi connectivity index (χ4v) is 2.63. The van der Waals surface area contributed by atoms with Crippen LogP contribution in [0.15, 0.2) is 48.8 Å². The molecule has 0 saturated heterocycles. The zero-order valence-electron chi connectivity index (χ0n) is 13.9. The molecule has 0 fully saturated rings. The maximum atomic E-state index is 14.4. The number of hydrogen-bond donors (Lipinski definition) is 1. The fourth-order valence-electron chi connectivity index (χ4n) is 2.63. The lowest BCUT2D eigenvalue weighted by atomic mass is 10.0. The minimum Gasteiger partial charge on any atom is -0.350 e. The van der Waals surface area contributed by atoms with Gasteiger partial charge in [0.1, 0.15) is 5.82 Å². The van der Waals surface area contributed by atoms with Crippen LogP contribution in [-0.4, -0.2) is 4.98 Å². The first kappa shape index (κ1) is 17.0. The van der Waals surface area contributed by atoms with Crippen LogP contribution >= 0.6 is 0 Å². The molecule has 0 saturated carbocycles. The van der Waals surface area contributed by atoms with Crippen LogP contribution in [0.4, 0.5) is 24.5 Å². The van der Waals surface area contributed by atoms with E-state index in [2.05, 4.69) is 10.3 Å². The van der Waals surface area contributed by atoms with Crippen molar-refractivity contribution in [3.8, 4) is 11.1 Å². The van der Waals surface area contributed by atoms with Gasteiger partial charge in [-0.3, -0.25) is 4.98 Å². The highest BCUT2D eigenvalue weighted by Crippen LogP contribution is 2.34. The number of nitrogens with zero attached hydrogens (tertiary/aromatic N) is 1. The second kappa shape index (κ2) is 6.97. The van der Waals surface area contributed by atoms with Gasteiger partial charge in [-0.1, -0.05) is 13.0 Å². The van der Waals surface area contributed by atoms with E-state index >= 15 is 0 Å². The molecule has 25 heavy (non-hydrogen) atoms. The summed E-state index contributed by atoms with van der Waals surface area (Å²) in [6.45, 7) is 3.77. The maximum absolute atomic E-state index is 14.4. The van der Waals surface area contributed by atoms with Gasteiger partial charge in [0.15, 0.2) is 11.6 Å². The molecule has 0 spiro atoms. The highest BCUT2D eigenvalue weighted by molar-refractivity contribution is 5.81. The quantitative estimate of drug-likeness (QED) is 0.650. The molecule has 3 aromatic rings. The molecule has 0 amide bonds. The third-order valence-corrected chi connectivity index (χ3v) is 3.98. The minimum atomic E-state index is -1.06. The summed E-state index contributed by atoms with van der Waals surface area (Å²) in [5, 5.41) is 2.70. The second-order valence-corrected chi connectivity index (χ2v) is 5.83. The Kier molecular flexibility index (Phi) is 4.74. The molecular weight excluding hydrogens is 325 g/mol. The summed E-state index contributed by atoms with van der Waals surface area (Å²) in [7, 11) is 0. The SMILES string of the molecule is CCc1ccc(Nc2c(-c3cncc(C)c3)ccc(F)c2F)c(F)c1. The Morgan fingerprint density at radius 2 is 1.76 bits per heavy atom. The van der Waals surface area contributed by atoms with Crippen LogP contribution in [0.25, 0.3) is 11.1 Å². The number of aromatic nitrogens is 1. The van der Waals surface area contributed by atoms with E-state index in [0.29, 0.717) is 17.5 Å². The first-order chi connectivity index (χ1) is 12.0. The van der Waals surface area contributed by atoms with Crippen LogP contribution in [0.5, 0.6) is 0 Å². The van der Waals surface area contributed by atoms with Gasteiger partial charge >= 0.3 is 0 Å². The molecule has 0 bridgehead atoms. The van der Waals surface area contributed by atoms with Crippen LogP contribution in [0.3, 0.4) is 0 Å². The van der Waals surface area contributed by atoms with E-state index in [1.807, 2.05) is 13.8 Å². The Hall–Kier alpha value is -2.82. The molecule has 0 unspecified atom stereocenters. The van der Waals surface area contributed by atoms with Crippen LogP contribution < -0.4 is 5.32 Å². The van der Waals surface area contributed by atoms with Gasteiger partial charge in [0.05, 0.1) is 11.4 Å². The van der Waals surface area contributed by atoms with Gasteiger partial charge in [-0.2, -0.15) is 0 Å². The van der Waals surface area contributed by atoms with Crippen molar-refractivity contribution in [2.24, 2.45) is 0 Å². The highest BCUT2D eigenvalue weighted by Gasteiger charge is 2.17. The first-order valence-electron chi connectivity index (χ1n) is 7.95. The smallest absolute Gasteiger partial charge is 0.182 e. The number of hydrogen-bond acceptors (Lipinski definition) is 2. The molecule has 0 aliphatic rings. The number of aryl methyl sites for hydroxylation is 2. The standard InChI is InChI=1S/C20H17F3N2/c1-3-13-4-7-18(17(22)9-13)25-20-15(5-6-16(21)19(20)23)14-8-12(2)10-24-11-14/h4-11,25H,3H2,1-2H3. The van der Waals surface area contributed by atoms with Crippen LogP contribution in [0.1, 0.15) is 18.1 Å². The summed E-state index contributed by atoms with van der Waals surface area (Å²) in [4.78, 5) is 4.08. The largest absolute Gasteiger partial charge is 0.350 e. The summed E-state index contributed by atoms with van der Waals surface area (Å²) < 4.78 is 42.4. The molecular formula is C20H17F3N2. The molecule has 0 aliphatic carbocycles. The van der Waals surface area contributed by atoms with E-state index < -0.39 is 17.5 Å². The summed E-state index contributed by atoms with van der Waals surface area (Å²) in [6.07, 6.45) is 3.91. The maximum Gasteiger partial charge on any atom is 0.182 e. The molecule has 2 aromatic carbocycles. The average Bonchev–Trinajstić information content (AvgIpc) is 2.60. The van der Waals surface area contributed by atoms with E-state index in [1.54, 1.807) is 24.5 Å². The monoisotopic (exact) mass is 342 g/mol. The van der Waals surface area contributed by atoms with E-state index in [0.717, 1.165) is 17.2 Å². The van der Waals surface area contributed by atoms with Crippen molar-refractivity contribution in [2.45, 2.75) is 20.3 Å². The van der Waals surface area contributed by atoms with Gasteiger partial charge < -0.3 is 5.32 Å². The summed E-state index contributed by atoms with van der Waals surface area (Å²) in [5.41, 5.74) is 2.71. The molecule has 1 aromatic heterocycles. The van der Waals surface area contributed by atoms with Crippen LogP contribution in [-0.2, 0) is 6.42 Å². The van der Waals surface area contributed by atoms with Gasteiger partial charge in [-0.15, -0.1) is 0 Å². The molecule has 3 rings (SSSR count). The van der Waals surface area contributed by atoms with Gasteiger partial charge in [-0.05, 0) is 54.8 Å². The van der Waals surface area contributed by atoms with Crippen molar-refractivity contribution in [2.75, 3.05) is 5.32 Å². The number of pyridine rings is 1. The van der Waals surface area contributed by atoms with Crippen molar-refractivity contribution >= 4 is 11.4 Å². The zero-order chi connectivity index (χ0) is 18.0. The minimum absolute atomic E-state index is 0.0866. The third kappa shape index (κ3) is 3.50. The van der Waals surface area contributed by atoms with Crippen molar-refractivity contribution in [3.63, 3.8) is 0 Å². The number of rotatable bonds is 4. The lowest BCUT2D eigenvalue weighted by Gasteiger charge is -2.15. The molecule has 1 heterocycles. The Balaban J connectivity index is 2.10. The molecule has 0 radical (unpaired) electrons. The molecule has 5 heteroatoms. The molecule has 128 valence electrons. The van der Waals surface area contributed by atoms with Crippen LogP contribution in [0, 0.1) is 24.4 Å². The zero-order valence-corrected chi connectivity index (χ0v) is 13.9. The third-order valence-electron chi connectivity index (χ3n) is 3.98. The van der Waals surface area contributed by atoms with Gasteiger partial charge in [-0.25, -0.2) is 13.2 Å². The first-order valence-corrected chi connectivity index (χ1v) is 7.95. The predicted molar refractivity (Wildman–Crippen MR) is 93.4 cm³/mol. The summed E-state index contributed by atoms with van der Waals surface area (Å²) in [6, 6.07) is 8.96. The van der Waals surface area contributed by atoms with Gasteiger partial charge in [0, 0.05) is 23.5 Å². The Morgan fingerprint density at radius 1 is 0.960 bits per heavy atom. The fraction of sp³-hybridized carbons (Fsp3) is 0.150. The Morgan fingerprint density at radius 3 is 2.44 bits per heavy atom. The average molecular weight is 342 g/mol. The number of nitrogens with one attached hydrogen (secondary N) is 1. The number of benzene rings is 2. The predicted octanol–water partition coefficient (Wildman–Crippen LogP) is 5.78. The van der Waals surface area contributed by atoms with Crippen molar-refractivity contribution < 1.29 is 13.2 Å². The van der Waals surface area contributed by atoms with Crippen molar-refractivity contribution in [1.82, 2.24) is 4.98 Å². The molecule has 0 aliphatic heterocycles. The summed E-state index contributed by atoms with van der Waals surface area (Å²) in [5.74, 6) is -2.58. The van der Waals surface area contributed by atoms with E-state index in [-0.39, 0.29) is 11.4 Å². The number of halogens is 3. The second-order valence-electron chi connectivity index (χ2n) is 5.83. The Labute approximate surface area is 144 Å².